The number of nitrogens with zero attached hydrogens (tertiary/aromatic N) is 1. The van der Waals surface area contributed by atoms with Crippen LogP contribution in [0.1, 0.15) is 0 Å². The van der Waals surface area contributed by atoms with Gasteiger partial charge < -0.3 is 4.90 Å². The zero-order chi connectivity index (χ0) is 30.5. The van der Waals surface area contributed by atoms with E-state index in [2.05, 4.69) is 206 Å². The lowest BCUT2D eigenvalue weighted by Crippen LogP contribution is -2.74. The van der Waals surface area contributed by atoms with Crippen molar-refractivity contribution in [3.63, 3.8) is 0 Å². The van der Waals surface area contributed by atoms with Gasteiger partial charge in [-0.2, -0.15) is 0 Å². The Morgan fingerprint density at radius 2 is 0.711 bits per heavy atom. The highest BCUT2D eigenvalue weighted by atomic mass is 28.3. The van der Waals surface area contributed by atoms with E-state index in [0.29, 0.717) is 0 Å². The summed E-state index contributed by atoms with van der Waals surface area (Å²) in [6.45, 7) is 0. The molecule has 0 saturated carbocycles. The largest absolute Gasteiger partial charge is 0.344 e. The first-order valence-electron chi connectivity index (χ1n) is 15.5. The van der Waals surface area contributed by atoms with Crippen molar-refractivity contribution in [3.8, 4) is 22.3 Å². The van der Waals surface area contributed by atoms with Crippen LogP contribution in [0.5, 0.6) is 0 Å². The first kappa shape index (κ1) is 28.3. The first-order valence-corrected chi connectivity index (χ1v) is 17.5. The third-order valence-electron chi connectivity index (χ3n) is 8.88. The predicted molar refractivity (Wildman–Crippen MR) is 195 cm³/mol. The minimum absolute atomic E-state index is 1.16. The summed E-state index contributed by atoms with van der Waals surface area (Å²) in [6.07, 6.45) is 0. The molecule has 0 fully saturated rings. The highest BCUT2D eigenvalue weighted by molar-refractivity contribution is 7.19. The second-order valence-electron chi connectivity index (χ2n) is 11.4. The maximum atomic E-state index is 2.37. The molecule has 0 N–H and O–H groups in total. The summed E-state index contributed by atoms with van der Waals surface area (Å²) in [5.41, 5.74) is 7.21. The van der Waals surface area contributed by atoms with E-state index in [1.54, 1.807) is 0 Å². The minimum atomic E-state index is -2.53. The quantitative estimate of drug-likeness (QED) is 0.127. The average molecular weight is 594 g/mol. The smallest absolute Gasteiger partial charge is 0.179 e. The van der Waals surface area contributed by atoms with Gasteiger partial charge in [-0.3, -0.25) is 0 Å². The second-order valence-corrected chi connectivity index (χ2v) is 15.2. The third-order valence-corrected chi connectivity index (χ3v) is 13.7. The van der Waals surface area contributed by atoms with Gasteiger partial charge in [-0.15, -0.1) is 0 Å². The number of hydrogen-bond acceptors (Lipinski definition) is 1. The Morgan fingerprint density at radius 3 is 1.20 bits per heavy atom. The summed E-state index contributed by atoms with van der Waals surface area (Å²) in [4.78, 5) is 2.27. The molecule has 1 nitrogen and oxygen atoms in total. The molecular weight excluding hydrogens is 559 g/mol. The van der Waals surface area contributed by atoms with Crippen LogP contribution in [0.15, 0.2) is 194 Å². The van der Waals surface area contributed by atoms with Crippen molar-refractivity contribution < 1.29 is 0 Å². The van der Waals surface area contributed by atoms with E-state index in [-0.39, 0.29) is 0 Å². The van der Waals surface area contributed by atoms with Crippen LogP contribution in [0.25, 0.3) is 22.3 Å². The van der Waals surface area contributed by atoms with E-state index < -0.39 is 8.07 Å². The Labute approximate surface area is 267 Å². The fraction of sp³-hybridized carbons (Fsp3) is 0.0233. The van der Waals surface area contributed by atoms with Crippen LogP contribution in [-0.4, -0.2) is 15.1 Å². The molecule has 0 aliphatic carbocycles. The Kier molecular flexibility index (Phi) is 7.97. The SMILES string of the molecule is CN(c1ccc(-c2ccc([Si](c3ccccc3)(c3ccccc3)c3ccccc3)cc2)cc1)c1ccccc1-c1ccccc1. The van der Waals surface area contributed by atoms with Crippen molar-refractivity contribution in [2.24, 2.45) is 0 Å². The summed E-state index contributed by atoms with van der Waals surface area (Å²) in [5.74, 6) is 0. The normalized spacial score (nSPS) is 11.2. The zero-order valence-corrected chi connectivity index (χ0v) is 26.4. The number of anilines is 2. The summed E-state index contributed by atoms with van der Waals surface area (Å²) in [6, 6.07) is 70.7. The summed E-state index contributed by atoms with van der Waals surface area (Å²) in [7, 11) is -0.380. The van der Waals surface area contributed by atoms with Crippen molar-refractivity contribution in [1.82, 2.24) is 0 Å². The summed E-state index contributed by atoms with van der Waals surface area (Å²) < 4.78 is 0. The van der Waals surface area contributed by atoms with Crippen LogP contribution in [0, 0.1) is 0 Å². The van der Waals surface area contributed by atoms with Crippen molar-refractivity contribution >= 4 is 40.2 Å². The standard InChI is InChI=1S/C43H35NSi/c1-44(43-25-15-14-24-42(43)36-16-6-2-7-17-36)37-30-26-34(27-31-37)35-28-32-41(33-29-35)45(38-18-8-3-9-19-38,39-20-10-4-11-21-39)40-22-12-5-13-23-40/h2-33H,1H3. The Balaban J connectivity index is 1.25. The van der Waals surface area contributed by atoms with Gasteiger partial charge in [0.05, 0.1) is 0 Å². The lowest BCUT2D eigenvalue weighted by molar-refractivity contribution is 1.21. The summed E-state index contributed by atoms with van der Waals surface area (Å²) in [5, 5.41) is 5.54. The second kappa shape index (κ2) is 12.7. The van der Waals surface area contributed by atoms with Crippen molar-refractivity contribution in [2.75, 3.05) is 11.9 Å². The van der Waals surface area contributed by atoms with Crippen LogP contribution in [0.2, 0.25) is 0 Å². The monoisotopic (exact) mass is 593 g/mol. The van der Waals surface area contributed by atoms with Gasteiger partial charge in [0.15, 0.2) is 8.07 Å². The molecule has 0 heterocycles. The molecule has 0 aromatic heterocycles. The Bertz CT molecular complexity index is 1870. The molecular formula is C43H35NSi. The molecule has 216 valence electrons. The number of para-hydroxylation sites is 1. The maximum absolute atomic E-state index is 2.53. The van der Waals surface area contributed by atoms with E-state index in [0.717, 1.165) is 5.69 Å². The lowest BCUT2D eigenvalue weighted by Gasteiger charge is -2.34. The topological polar surface area (TPSA) is 3.24 Å². The van der Waals surface area contributed by atoms with Crippen LogP contribution in [-0.2, 0) is 0 Å². The molecule has 0 saturated heterocycles. The molecule has 0 amide bonds. The average Bonchev–Trinajstić information content (AvgIpc) is 3.14. The lowest BCUT2D eigenvalue weighted by atomic mass is 10.0. The van der Waals surface area contributed by atoms with Crippen LogP contribution in [0.4, 0.5) is 11.4 Å². The molecule has 2 heteroatoms. The molecule has 0 spiro atoms. The fourth-order valence-electron chi connectivity index (χ4n) is 6.62. The Hall–Kier alpha value is -5.44. The van der Waals surface area contributed by atoms with Gasteiger partial charge >= 0.3 is 0 Å². The first-order chi connectivity index (χ1) is 22.2. The van der Waals surface area contributed by atoms with E-state index in [4.69, 9.17) is 0 Å². The predicted octanol–water partition coefficient (Wildman–Crippen LogP) is 8.17. The van der Waals surface area contributed by atoms with Gasteiger partial charge in [0.1, 0.15) is 0 Å². The van der Waals surface area contributed by atoms with E-state index >= 15 is 0 Å². The van der Waals surface area contributed by atoms with E-state index in [9.17, 15) is 0 Å². The van der Waals surface area contributed by atoms with Crippen molar-refractivity contribution in [2.45, 2.75) is 0 Å². The molecule has 7 aromatic rings. The fourth-order valence-corrected chi connectivity index (χ4v) is 11.4. The highest BCUT2D eigenvalue weighted by Crippen LogP contribution is 2.34. The molecule has 45 heavy (non-hydrogen) atoms. The van der Waals surface area contributed by atoms with Crippen molar-refractivity contribution in [1.29, 1.82) is 0 Å². The van der Waals surface area contributed by atoms with Crippen LogP contribution < -0.4 is 25.6 Å². The van der Waals surface area contributed by atoms with Crippen LogP contribution >= 0.6 is 0 Å². The number of benzene rings is 7. The zero-order valence-electron chi connectivity index (χ0n) is 25.4. The molecule has 0 radical (unpaired) electrons. The van der Waals surface area contributed by atoms with Gasteiger partial charge in [-0.05, 0) is 55.6 Å². The molecule has 7 aromatic carbocycles. The van der Waals surface area contributed by atoms with Crippen molar-refractivity contribution in [3.05, 3.63) is 194 Å². The minimum Gasteiger partial charge on any atom is -0.344 e. The van der Waals surface area contributed by atoms with Gasteiger partial charge in [0.25, 0.3) is 0 Å². The number of hydrogen-bond donors (Lipinski definition) is 0. The van der Waals surface area contributed by atoms with E-state index in [1.807, 2.05) is 0 Å². The molecule has 0 atom stereocenters. The third kappa shape index (κ3) is 5.41. The molecule has 0 aliphatic heterocycles. The molecule has 7 rings (SSSR count). The number of rotatable bonds is 8. The van der Waals surface area contributed by atoms with Gasteiger partial charge in [-0.1, -0.05) is 176 Å². The van der Waals surface area contributed by atoms with Gasteiger partial charge in [-0.25, -0.2) is 0 Å². The van der Waals surface area contributed by atoms with Gasteiger partial charge in [0, 0.05) is 24.0 Å². The van der Waals surface area contributed by atoms with Crippen LogP contribution in [0.3, 0.4) is 0 Å². The maximum Gasteiger partial charge on any atom is 0.179 e. The van der Waals surface area contributed by atoms with E-state index in [1.165, 1.54) is 48.7 Å². The Morgan fingerprint density at radius 1 is 0.333 bits per heavy atom. The van der Waals surface area contributed by atoms with Gasteiger partial charge in [0.2, 0.25) is 0 Å². The molecule has 0 aliphatic rings. The highest BCUT2D eigenvalue weighted by Gasteiger charge is 2.41. The molecule has 0 unspecified atom stereocenters. The summed E-state index contributed by atoms with van der Waals surface area (Å²) >= 11 is 0. The molecule has 0 bridgehead atoms.